The molecular weight excluding hydrogens is 419 g/mol. The molecule has 0 radical (unpaired) electrons. The molecule has 0 fully saturated rings. The Kier molecular flexibility index (Phi) is 6.23. The minimum Gasteiger partial charge on any atom is -0.496 e. The minimum atomic E-state index is -4.79. The Bertz CT molecular complexity index is 1140. The molecule has 0 saturated heterocycles. The third-order valence-electron chi connectivity index (χ3n) is 4.16. The van der Waals surface area contributed by atoms with Crippen LogP contribution >= 0.6 is 0 Å². The minimum absolute atomic E-state index is 0.0581. The number of nitrogens with zero attached hydrogens (tertiary/aromatic N) is 2. The lowest BCUT2D eigenvalue weighted by Crippen LogP contribution is -2.34. The number of imide groups is 1. The monoisotopic (exact) mass is 435 g/mol. The van der Waals surface area contributed by atoms with Crippen LogP contribution in [0.2, 0.25) is 0 Å². The van der Waals surface area contributed by atoms with Gasteiger partial charge in [-0.25, -0.2) is 4.98 Å². The summed E-state index contributed by atoms with van der Waals surface area (Å²) in [5.41, 5.74) is 0.231. The summed E-state index contributed by atoms with van der Waals surface area (Å²) in [7, 11) is 1.35. The second-order valence-electron chi connectivity index (χ2n) is 6.25. The summed E-state index contributed by atoms with van der Waals surface area (Å²) in [5, 5.41) is 2.02. The highest BCUT2D eigenvalue weighted by Crippen LogP contribution is 2.31. The molecule has 0 aliphatic heterocycles. The molecule has 0 aliphatic rings. The fourth-order valence-electron chi connectivity index (χ4n) is 2.84. The molecule has 11 heteroatoms. The molecule has 1 heterocycles. The van der Waals surface area contributed by atoms with Crippen LogP contribution in [-0.4, -0.2) is 41.1 Å². The van der Waals surface area contributed by atoms with Gasteiger partial charge in [0.15, 0.2) is 6.61 Å². The number of nitrogens with one attached hydrogen (secondary N) is 1. The van der Waals surface area contributed by atoms with E-state index in [1.54, 1.807) is 12.1 Å². The molecule has 0 spiro atoms. The van der Waals surface area contributed by atoms with Crippen molar-refractivity contribution in [1.82, 2.24) is 14.9 Å². The first kappa shape index (κ1) is 21.8. The third kappa shape index (κ3) is 5.00. The highest BCUT2D eigenvalue weighted by atomic mass is 19.4. The fraction of sp³-hybridized carbons (Fsp3) is 0.200. The van der Waals surface area contributed by atoms with Crippen molar-refractivity contribution in [2.24, 2.45) is 0 Å². The van der Waals surface area contributed by atoms with Crippen LogP contribution in [0, 0.1) is 0 Å². The van der Waals surface area contributed by atoms with Crippen molar-refractivity contribution in [3.8, 4) is 5.75 Å². The Morgan fingerprint density at radius 3 is 2.45 bits per heavy atom. The zero-order valence-corrected chi connectivity index (χ0v) is 16.1. The predicted octanol–water partition coefficient (Wildman–Crippen LogP) is 2.56. The van der Waals surface area contributed by atoms with E-state index in [1.165, 1.54) is 43.5 Å². The Hall–Kier alpha value is -3.89. The number of hydrogen-bond acceptors (Lipinski definition) is 6. The maximum Gasteiger partial charge on any atom is 0.449 e. The standard InChI is InChI=1S/C20H16F3N3O5/c1-30-15-9-5-2-6-12(15)18(29)25-16(27)11-31-17(28)10-26-14-8-4-3-7-13(14)24-19(26)20(21,22)23/h2-9H,10-11H2,1H3,(H,25,27,29). The van der Waals surface area contributed by atoms with Crippen LogP contribution in [0.15, 0.2) is 48.5 Å². The Morgan fingerprint density at radius 1 is 1.06 bits per heavy atom. The summed E-state index contributed by atoms with van der Waals surface area (Å²) in [6, 6.07) is 11.9. The summed E-state index contributed by atoms with van der Waals surface area (Å²) >= 11 is 0. The number of fused-ring (bicyclic) bond motifs is 1. The Labute approximate surface area is 173 Å². The van der Waals surface area contributed by atoms with Gasteiger partial charge in [0.1, 0.15) is 12.3 Å². The van der Waals surface area contributed by atoms with Gasteiger partial charge in [0.25, 0.3) is 11.8 Å². The number of alkyl halides is 3. The maximum atomic E-state index is 13.3. The van der Waals surface area contributed by atoms with E-state index in [0.717, 1.165) is 0 Å². The van der Waals surface area contributed by atoms with E-state index < -0.39 is 42.9 Å². The quantitative estimate of drug-likeness (QED) is 0.598. The number of carbonyl (C=O) groups is 3. The number of halogens is 3. The molecule has 3 rings (SSSR count). The van der Waals surface area contributed by atoms with E-state index in [0.29, 0.717) is 4.57 Å². The van der Waals surface area contributed by atoms with Crippen molar-refractivity contribution in [3.05, 3.63) is 59.9 Å². The summed E-state index contributed by atoms with van der Waals surface area (Å²) in [6.07, 6.45) is -4.79. The Morgan fingerprint density at radius 2 is 1.74 bits per heavy atom. The highest BCUT2D eigenvalue weighted by molar-refractivity contribution is 6.06. The molecule has 0 aliphatic carbocycles. The molecule has 0 bridgehead atoms. The number of benzene rings is 2. The van der Waals surface area contributed by atoms with Crippen molar-refractivity contribution < 1.29 is 37.0 Å². The number of esters is 1. The molecule has 31 heavy (non-hydrogen) atoms. The summed E-state index contributed by atoms with van der Waals surface area (Å²) in [4.78, 5) is 39.7. The highest BCUT2D eigenvalue weighted by Gasteiger charge is 2.38. The number of imidazole rings is 1. The topological polar surface area (TPSA) is 99.5 Å². The molecule has 2 aromatic carbocycles. The summed E-state index contributed by atoms with van der Waals surface area (Å²) in [6.45, 7) is -1.67. The first-order valence-corrected chi connectivity index (χ1v) is 8.86. The van der Waals surface area contributed by atoms with Gasteiger partial charge >= 0.3 is 12.1 Å². The molecule has 1 aromatic heterocycles. The van der Waals surface area contributed by atoms with Crippen molar-refractivity contribution in [2.75, 3.05) is 13.7 Å². The smallest absolute Gasteiger partial charge is 0.449 e. The molecule has 8 nitrogen and oxygen atoms in total. The van der Waals surface area contributed by atoms with Gasteiger partial charge < -0.3 is 14.0 Å². The molecule has 3 aromatic rings. The number of carbonyl (C=O) groups excluding carboxylic acids is 3. The van der Waals surface area contributed by atoms with E-state index in [2.05, 4.69) is 4.98 Å². The predicted molar refractivity (Wildman–Crippen MR) is 101 cm³/mol. The van der Waals surface area contributed by atoms with Gasteiger partial charge in [-0.2, -0.15) is 13.2 Å². The van der Waals surface area contributed by atoms with Crippen LogP contribution in [0.5, 0.6) is 5.75 Å². The molecule has 0 atom stereocenters. The van der Waals surface area contributed by atoms with Crippen LogP contribution in [0.25, 0.3) is 11.0 Å². The largest absolute Gasteiger partial charge is 0.496 e. The van der Waals surface area contributed by atoms with E-state index in [1.807, 2.05) is 5.32 Å². The zero-order valence-electron chi connectivity index (χ0n) is 16.1. The lowest BCUT2D eigenvalue weighted by molar-refractivity contribution is -0.153. The van der Waals surface area contributed by atoms with E-state index in [4.69, 9.17) is 9.47 Å². The molecular formula is C20H16F3N3O5. The summed E-state index contributed by atoms with van der Waals surface area (Å²) < 4.78 is 50.2. The molecule has 162 valence electrons. The van der Waals surface area contributed by atoms with Crippen LogP contribution in [0.3, 0.4) is 0 Å². The maximum absolute atomic E-state index is 13.3. The van der Waals surface area contributed by atoms with Gasteiger partial charge in [-0.1, -0.05) is 24.3 Å². The lowest BCUT2D eigenvalue weighted by atomic mass is 10.2. The molecule has 1 N–H and O–H groups in total. The van der Waals surface area contributed by atoms with Crippen LogP contribution < -0.4 is 10.1 Å². The SMILES string of the molecule is COc1ccccc1C(=O)NC(=O)COC(=O)Cn1c(C(F)(F)F)nc2ccccc21. The second kappa shape index (κ2) is 8.86. The number of para-hydroxylation sites is 3. The van der Waals surface area contributed by atoms with E-state index >= 15 is 0 Å². The van der Waals surface area contributed by atoms with Gasteiger partial charge in [0, 0.05) is 0 Å². The van der Waals surface area contributed by atoms with Gasteiger partial charge in [-0.05, 0) is 24.3 Å². The van der Waals surface area contributed by atoms with Crippen molar-refractivity contribution >= 4 is 28.8 Å². The molecule has 2 amide bonds. The number of amides is 2. The van der Waals surface area contributed by atoms with Gasteiger partial charge in [-0.15, -0.1) is 0 Å². The first-order valence-electron chi connectivity index (χ1n) is 8.86. The second-order valence-corrected chi connectivity index (χ2v) is 6.25. The van der Waals surface area contributed by atoms with Crippen molar-refractivity contribution in [3.63, 3.8) is 0 Å². The summed E-state index contributed by atoms with van der Waals surface area (Å²) in [5.74, 6) is -3.86. The van der Waals surface area contributed by atoms with Gasteiger partial charge in [0.05, 0.1) is 23.7 Å². The number of hydrogen-bond donors (Lipinski definition) is 1. The third-order valence-corrected chi connectivity index (χ3v) is 4.16. The number of rotatable bonds is 6. The van der Waals surface area contributed by atoms with Gasteiger partial charge in [-0.3, -0.25) is 19.7 Å². The number of ether oxygens (including phenoxy) is 2. The van der Waals surface area contributed by atoms with E-state index in [-0.39, 0.29) is 22.3 Å². The first-order chi connectivity index (χ1) is 14.7. The number of methoxy groups -OCH3 is 1. The average Bonchev–Trinajstić information content (AvgIpc) is 3.11. The normalized spacial score (nSPS) is 11.2. The van der Waals surface area contributed by atoms with Gasteiger partial charge in [0.2, 0.25) is 5.82 Å². The van der Waals surface area contributed by atoms with Crippen LogP contribution in [0.1, 0.15) is 16.2 Å². The lowest BCUT2D eigenvalue weighted by Gasteiger charge is -2.11. The molecule has 0 unspecified atom stereocenters. The average molecular weight is 435 g/mol. The number of aromatic nitrogens is 2. The Balaban J connectivity index is 1.64. The van der Waals surface area contributed by atoms with E-state index in [9.17, 15) is 27.6 Å². The van der Waals surface area contributed by atoms with Crippen molar-refractivity contribution in [1.29, 1.82) is 0 Å². The van der Waals surface area contributed by atoms with Crippen LogP contribution in [0.4, 0.5) is 13.2 Å². The fourth-order valence-corrected chi connectivity index (χ4v) is 2.84. The van der Waals surface area contributed by atoms with Crippen molar-refractivity contribution in [2.45, 2.75) is 12.7 Å². The molecule has 0 saturated carbocycles. The van der Waals surface area contributed by atoms with Crippen LogP contribution in [-0.2, 0) is 27.0 Å². The zero-order chi connectivity index (χ0) is 22.6.